The van der Waals surface area contributed by atoms with Gasteiger partial charge in [0.25, 0.3) is 5.91 Å². The number of hydrogen-bond acceptors (Lipinski definition) is 7. The van der Waals surface area contributed by atoms with E-state index < -0.39 is 0 Å². The van der Waals surface area contributed by atoms with Crippen molar-refractivity contribution in [2.45, 2.75) is 10.1 Å². The third-order valence-corrected chi connectivity index (χ3v) is 5.37. The van der Waals surface area contributed by atoms with Crippen LogP contribution in [0.1, 0.15) is 15.4 Å². The number of carbonyl (C=O) groups excluding carboxylic acids is 1. The Balaban J connectivity index is 1.58. The number of anilines is 1. The molecule has 0 saturated heterocycles. The molecule has 0 fully saturated rings. The Morgan fingerprint density at radius 1 is 1.35 bits per heavy atom. The van der Waals surface area contributed by atoms with Gasteiger partial charge in [0.15, 0.2) is 10.1 Å². The molecule has 5 nitrogen and oxygen atoms in total. The Hall–Kier alpha value is -1.64. The summed E-state index contributed by atoms with van der Waals surface area (Å²) in [5, 5.41) is 13.2. The van der Waals surface area contributed by atoms with Crippen LogP contribution in [0.3, 0.4) is 0 Å². The lowest BCUT2D eigenvalue weighted by Gasteiger charge is -1.95. The molecular formula is C12H9N3O2S3. The van der Waals surface area contributed by atoms with E-state index in [-0.39, 0.29) is 11.7 Å². The van der Waals surface area contributed by atoms with E-state index in [4.69, 9.17) is 4.42 Å². The highest BCUT2D eigenvalue weighted by atomic mass is 32.2. The summed E-state index contributed by atoms with van der Waals surface area (Å²) in [5.74, 6) is 0.798. The lowest BCUT2D eigenvalue weighted by Crippen LogP contribution is -2.10. The summed E-state index contributed by atoms with van der Waals surface area (Å²) in [7, 11) is 0. The molecular weight excluding hydrogens is 314 g/mol. The predicted molar refractivity (Wildman–Crippen MR) is 80.5 cm³/mol. The standard InChI is InChI=1S/C12H9N3O2S3/c16-10(9-4-1-5-17-9)13-11-14-15-12(20-11)19-7-8-3-2-6-18-8/h1-6H,7H2,(H,13,14,16). The van der Waals surface area contributed by atoms with Gasteiger partial charge in [-0.3, -0.25) is 10.1 Å². The minimum absolute atomic E-state index is 0.257. The van der Waals surface area contributed by atoms with Gasteiger partial charge in [0.1, 0.15) is 0 Å². The van der Waals surface area contributed by atoms with E-state index in [2.05, 4.69) is 21.6 Å². The molecule has 3 rings (SSSR count). The third kappa shape index (κ3) is 3.27. The highest BCUT2D eigenvalue weighted by Gasteiger charge is 2.12. The van der Waals surface area contributed by atoms with Crippen LogP contribution < -0.4 is 5.32 Å². The SMILES string of the molecule is O=C(Nc1nnc(SCc2cccs2)s1)c1ccco1. The van der Waals surface area contributed by atoms with E-state index >= 15 is 0 Å². The molecule has 0 aromatic carbocycles. The molecule has 0 aliphatic rings. The van der Waals surface area contributed by atoms with Crippen molar-refractivity contribution in [3.63, 3.8) is 0 Å². The summed E-state index contributed by atoms with van der Waals surface area (Å²) in [6, 6.07) is 7.37. The van der Waals surface area contributed by atoms with Gasteiger partial charge in [0.2, 0.25) is 5.13 Å². The van der Waals surface area contributed by atoms with Gasteiger partial charge in [-0.1, -0.05) is 29.2 Å². The highest BCUT2D eigenvalue weighted by Crippen LogP contribution is 2.29. The molecule has 0 spiro atoms. The van der Waals surface area contributed by atoms with E-state index in [1.54, 1.807) is 35.2 Å². The van der Waals surface area contributed by atoms with Crippen molar-refractivity contribution in [1.29, 1.82) is 0 Å². The number of nitrogens with one attached hydrogen (secondary N) is 1. The number of aromatic nitrogens is 2. The molecule has 8 heteroatoms. The average molecular weight is 323 g/mol. The maximum atomic E-state index is 11.8. The van der Waals surface area contributed by atoms with Crippen LogP contribution in [-0.2, 0) is 5.75 Å². The van der Waals surface area contributed by atoms with Gasteiger partial charge in [-0.15, -0.1) is 21.5 Å². The zero-order valence-corrected chi connectivity index (χ0v) is 12.6. The third-order valence-electron chi connectivity index (χ3n) is 2.29. The van der Waals surface area contributed by atoms with Crippen LogP contribution in [0, 0.1) is 0 Å². The van der Waals surface area contributed by atoms with Crippen molar-refractivity contribution in [3.05, 3.63) is 46.5 Å². The Labute approximate surface area is 127 Å². The summed E-state index contributed by atoms with van der Waals surface area (Å²) in [5.41, 5.74) is 0. The van der Waals surface area contributed by atoms with Crippen LogP contribution in [-0.4, -0.2) is 16.1 Å². The van der Waals surface area contributed by atoms with Gasteiger partial charge >= 0.3 is 0 Å². The first kappa shape index (κ1) is 13.3. The van der Waals surface area contributed by atoms with E-state index in [0.717, 1.165) is 10.1 Å². The summed E-state index contributed by atoms with van der Waals surface area (Å²) in [6.07, 6.45) is 1.46. The molecule has 0 saturated carbocycles. The number of amides is 1. The molecule has 3 aromatic heterocycles. The van der Waals surface area contributed by atoms with Gasteiger partial charge in [-0.2, -0.15) is 0 Å². The van der Waals surface area contributed by atoms with Crippen molar-refractivity contribution in [3.8, 4) is 0 Å². The number of thioether (sulfide) groups is 1. The van der Waals surface area contributed by atoms with Crippen LogP contribution in [0.15, 0.2) is 44.7 Å². The Morgan fingerprint density at radius 3 is 3.05 bits per heavy atom. The quantitative estimate of drug-likeness (QED) is 0.572. The van der Waals surface area contributed by atoms with Gasteiger partial charge in [0.05, 0.1) is 6.26 Å². The molecule has 0 atom stereocenters. The van der Waals surface area contributed by atoms with Gasteiger partial charge in [-0.25, -0.2) is 0 Å². The Kier molecular flexibility index (Phi) is 4.14. The second-order valence-corrected chi connectivity index (χ2v) is 6.90. The Bertz CT molecular complexity index is 677. The molecule has 0 radical (unpaired) electrons. The second kappa shape index (κ2) is 6.21. The van der Waals surface area contributed by atoms with Crippen LogP contribution in [0.5, 0.6) is 0 Å². The first-order chi connectivity index (χ1) is 9.81. The summed E-state index contributed by atoms with van der Waals surface area (Å²) in [4.78, 5) is 13.0. The fourth-order valence-corrected chi connectivity index (χ4v) is 3.93. The van der Waals surface area contributed by atoms with E-state index in [1.807, 2.05) is 11.4 Å². The lowest BCUT2D eigenvalue weighted by molar-refractivity contribution is 0.0996. The molecule has 3 aromatic rings. The average Bonchev–Trinajstić information content (AvgIpc) is 3.19. The first-order valence-corrected chi connectivity index (χ1v) is 8.33. The number of carbonyl (C=O) groups is 1. The number of furan rings is 1. The molecule has 0 aliphatic heterocycles. The predicted octanol–water partition coefficient (Wildman–Crippen LogP) is 3.74. The summed E-state index contributed by atoms with van der Waals surface area (Å²) >= 11 is 4.67. The van der Waals surface area contributed by atoms with Crippen molar-refractivity contribution < 1.29 is 9.21 Å². The smallest absolute Gasteiger partial charge is 0.293 e. The van der Waals surface area contributed by atoms with E-state index in [9.17, 15) is 4.79 Å². The molecule has 1 amide bonds. The maximum Gasteiger partial charge on any atom is 0.293 e. The minimum Gasteiger partial charge on any atom is -0.459 e. The van der Waals surface area contributed by atoms with Crippen LogP contribution in [0.2, 0.25) is 0 Å². The Morgan fingerprint density at radius 2 is 2.30 bits per heavy atom. The summed E-state index contributed by atoms with van der Waals surface area (Å²) < 4.78 is 5.84. The van der Waals surface area contributed by atoms with Crippen LogP contribution in [0.4, 0.5) is 5.13 Å². The number of hydrogen-bond donors (Lipinski definition) is 1. The summed E-state index contributed by atoms with van der Waals surface area (Å²) in [6.45, 7) is 0. The molecule has 102 valence electrons. The second-order valence-electron chi connectivity index (χ2n) is 3.67. The largest absolute Gasteiger partial charge is 0.459 e. The molecule has 0 bridgehead atoms. The van der Waals surface area contributed by atoms with Crippen molar-refractivity contribution in [2.24, 2.45) is 0 Å². The van der Waals surface area contributed by atoms with Crippen LogP contribution >= 0.6 is 34.4 Å². The van der Waals surface area contributed by atoms with Gasteiger partial charge in [0, 0.05) is 10.6 Å². The zero-order chi connectivity index (χ0) is 13.8. The van der Waals surface area contributed by atoms with E-state index in [0.29, 0.717) is 5.13 Å². The number of thiophene rings is 1. The molecule has 20 heavy (non-hydrogen) atoms. The molecule has 3 heterocycles. The van der Waals surface area contributed by atoms with Crippen molar-refractivity contribution >= 4 is 45.5 Å². The highest BCUT2D eigenvalue weighted by molar-refractivity contribution is 8.00. The first-order valence-electron chi connectivity index (χ1n) is 5.65. The topological polar surface area (TPSA) is 68.0 Å². The zero-order valence-electron chi connectivity index (χ0n) is 10.1. The monoisotopic (exact) mass is 323 g/mol. The number of nitrogens with zero attached hydrogens (tertiary/aromatic N) is 2. The van der Waals surface area contributed by atoms with Gasteiger partial charge < -0.3 is 4.42 Å². The fourth-order valence-electron chi connectivity index (χ4n) is 1.41. The molecule has 0 aliphatic carbocycles. The van der Waals surface area contributed by atoms with Crippen molar-refractivity contribution in [2.75, 3.05) is 5.32 Å². The number of rotatable bonds is 5. The fraction of sp³-hybridized carbons (Fsp3) is 0.0833. The van der Waals surface area contributed by atoms with Crippen molar-refractivity contribution in [1.82, 2.24) is 10.2 Å². The normalized spacial score (nSPS) is 10.6. The maximum absolute atomic E-state index is 11.8. The van der Waals surface area contributed by atoms with Gasteiger partial charge in [-0.05, 0) is 23.6 Å². The lowest BCUT2D eigenvalue weighted by atomic mass is 10.4. The molecule has 1 N–H and O–H groups in total. The van der Waals surface area contributed by atoms with E-state index in [1.165, 1.54) is 22.5 Å². The molecule has 0 unspecified atom stereocenters. The minimum atomic E-state index is -0.319. The van der Waals surface area contributed by atoms with Crippen LogP contribution in [0.25, 0.3) is 0 Å².